The van der Waals surface area contributed by atoms with Crippen LogP contribution in [0.2, 0.25) is 0 Å². The molecule has 0 amide bonds. The van der Waals surface area contributed by atoms with Gasteiger partial charge in [-0.2, -0.15) is 0 Å². The Bertz CT molecular complexity index is 418. The number of aliphatic hydroxyl groups is 1. The van der Waals surface area contributed by atoms with E-state index in [1.54, 1.807) is 0 Å². The summed E-state index contributed by atoms with van der Waals surface area (Å²) >= 11 is 0. The number of hydrogen-bond acceptors (Lipinski definition) is 3. The summed E-state index contributed by atoms with van der Waals surface area (Å²) in [7, 11) is 0. The van der Waals surface area contributed by atoms with Crippen molar-refractivity contribution in [3.05, 3.63) is 11.6 Å². The first-order valence-corrected chi connectivity index (χ1v) is 7.71. The van der Waals surface area contributed by atoms with Gasteiger partial charge in [-0.25, -0.2) is 0 Å². The van der Waals surface area contributed by atoms with Crippen molar-refractivity contribution in [3.8, 4) is 0 Å². The summed E-state index contributed by atoms with van der Waals surface area (Å²) in [5.74, 6) is 0.00289. The molecular weight excluding hydrogens is 252 g/mol. The zero-order valence-corrected chi connectivity index (χ0v) is 13.4. The third-order valence-electron chi connectivity index (χ3n) is 5.38. The number of carbonyl (C=O) groups excluding carboxylic acids is 1. The highest BCUT2D eigenvalue weighted by atomic mass is 16.5. The van der Waals surface area contributed by atoms with Gasteiger partial charge in [-0.3, -0.25) is 4.79 Å². The Morgan fingerprint density at radius 1 is 1.45 bits per heavy atom. The van der Waals surface area contributed by atoms with Crippen LogP contribution < -0.4 is 0 Å². The molecule has 2 aliphatic carbocycles. The molecule has 1 saturated carbocycles. The number of rotatable bonds is 2. The summed E-state index contributed by atoms with van der Waals surface area (Å²) in [6.07, 6.45) is 6.33. The molecule has 0 aromatic heterocycles. The van der Waals surface area contributed by atoms with Crippen LogP contribution in [0.5, 0.6) is 0 Å². The van der Waals surface area contributed by atoms with Crippen LogP contribution in [-0.4, -0.2) is 22.8 Å². The second kappa shape index (κ2) is 5.18. The molecule has 3 heteroatoms. The van der Waals surface area contributed by atoms with Gasteiger partial charge < -0.3 is 9.84 Å². The molecule has 20 heavy (non-hydrogen) atoms. The minimum atomic E-state index is -0.820. The van der Waals surface area contributed by atoms with E-state index in [2.05, 4.69) is 19.9 Å². The zero-order chi connectivity index (χ0) is 15.1. The monoisotopic (exact) mass is 280 g/mol. The smallest absolute Gasteiger partial charge is 0.302 e. The largest absolute Gasteiger partial charge is 0.461 e. The van der Waals surface area contributed by atoms with Crippen LogP contribution in [0.3, 0.4) is 0 Å². The number of carbonyl (C=O) groups is 1. The minimum absolute atomic E-state index is 0.00549. The van der Waals surface area contributed by atoms with Gasteiger partial charge in [-0.1, -0.05) is 18.6 Å². The van der Waals surface area contributed by atoms with Gasteiger partial charge in [-0.15, -0.1) is 0 Å². The van der Waals surface area contributed by atoms with E-state index in [0.717, 1.165) is 25.7 Å². The lowest BCUT2D eigenvalue weighted by molar-refractivity contribution is -0.173. The number of allylic oxidation sites excluding steroid dienone is 1. The third-order valence-corrected chi connectivity index (χ3v) is 5.38. The van der Waals surface area contributed by atoms with Gasteiger partial charge >= 0.3 is 5.97 Å². The zero-order valence-electron chi connectivity index (χ0n) is 13.4. The average Bonchev–Trinajstić information content (AvgIpc) is 2.25. The van der Waals surface area contributed by atoms with Crippen molar-refractivity contribution in [2.75, 3.05) is 0 Å². The highest BCUT2D eigenvalue weighted by molar-refractivity contribution is 5.66. The molecule has 0 bridgehead atoms. The summed E-state index contributed by atoms with van der Waals surface area (Å²) in [4.78, 5) is 11.5. The molecule has 0 saturated heterocycles. The molecule has 0 aromatic carbocycles. The number of hydrogen-bond donors (Lipinski definition) is 1. The maximum atomic E-state index is 11.5. The Kier molecular flexibility index (Phi) is 4.03. The van der Waals surface area contributed by atoms with Gasteiger partial charge in [-0.05, 0) is 51.9 Å². The van der Waals surface area contributed by atoms with Gasteiger partial charge in [0.1, 0.15) is 6.10 Å². The van der Waals surface area contributed by atoms with Crippen molar-refractivity contribution < 1.29 is 14.6 Å². The number of fused-ring (bicyclic) bond motifs is 1. The van der Waals surface area contributed by atoms with Crippen LogP contribution in [-0.2, 0) is 9.53 Å². The molecule has 2 aliphatic rings. The maximum Gasteiger partial charge on any atom is 0.302 e. The number of esters is 1. The molecule has 1 fully saturated rings. The fourth-order valence-electron chi connectivity index (χ4n) is 4.38. The minimum Gasteiger partial charge on any atom is -0.461 e. The lowest BCUT2D eigenvalue weighted by atomic mass is 9.55. The Morgan fingerprint density at radius 3 is 2.65 bits per heavy atom. The van der Waals surface area contributed by atoms with Crippen LogP contribution in [0.1, 0.15) is 60.3 Å². The lowest BCUT2D eigenvalue weighted by Gasteiger charge is -2.53. The van der Waals surface area contributed by atoms with Crippen LogP contribution in [0, 0.1) is 17.3 Å². The SMILES string of the molecule is CC(=O)O[C@H]1[C@H](C(C)(C)O)CC[C@@]2(C)CCC=C(C)[C@H]12. The first-order chi connectivity index (χ1) is 9.15. The summed E-state index contributed by atoms with van der Waals surface area (Å²) in [5, 5.41) is 10.5. The Hall–Kier alpha value is -0.830. The van der Waals surface area contributed by atoms with E-state index in [9.17, 15) is 9.90 Å². The molecule has 0 radical (unpaired) electrons. The molecule has 3 nitrogen and oxygen atoms in total. The third kappa shape index (κ3) is 2.78. The van der Waals surface area contributed by atoms with Crippen molar-refractivity contribution in [1.29, 1.82) is 0 Å². The van der Waals surface area contributed by atoms with E-state index >= 15 is 0 Å². The molecule has 0 heterocycles. The van der Waals surface area contributed by atoms with Crippen molar-refractivity contribution in [1.82, 2.24) is 0 Å². The van der Waals surface area contributed by atoms with Gasteiger partial charge in [0.25, 0.3) is 0 Å². The van der Waals surface area contributed by atoms with E-state index in [0.29, 0.717) is 0 Å². The normalized spacial score (nSPS) is 37.9. The van der Waals surface area contributed by atoms with E-state index in [-0.39, 0.29) is 29.3 Å². The predicted octanol–water partition coefficient (Wildman–Crippen LogP) is 3.46. The fourth-order valence-corrected chi connectivity index (χ4v) is 4.38. The standard InChI is InChI=1S/C17H28O3/c1-11-7-6-9-17(5)10-8-13(16(3,4)19)15(14(11)17)20-12(2)18/h7,13-15,19H,6,8-10H2,1-5H3/t13-,14-,15+,17-/m1/s1. The quantitative estimate of drug-likeness (QED) is 0.622. The summed E-state index contributed by atoms with van der Waals surface area (Å²) in [6.45, 7) is 9.59. The second-order valence-corrected chi connectivity index (χ2v) is 7.49. The molecule has 114 valence electrons. The molecular formula is C17H28O3. The highest BCUT2D eigenvalue weighted by Gasteiger charge is 2.52. The van der Waals surface area contributed by atoms with Gasteiger partial charge in [0.2, 0.25) is 0 Å². The number of ether oxygens (including phenoxy) is 1. The van der Waals surface area contributed by atoms with Crippen LogP contribution in [0.15, 0.2) is 11.6 Å². The van der Waals surface area contributed by atoms with E-state index in [4.69, 9.17) is 4.74 Å². The predicted molar refractivity (Wildman–Crippen MR) is 79.2 cm³/mol. The average molecular weight is 280 g/mol. The topological polar surface area (TPSA) is 46.5 Å². The lowest BCUT2D eigenvalue weighted by Crippen LogP contribution is -2.54. The summed E-state index contributed by atoms with van der Waals surface area (Å²) in [5.41, 5.74) is 0.693. The maximum absolute atomic E-state index is 11.5. The molecule has 0 aromatic rings. The molecule has 0 aliphatic heterocycles. The fraction of sp³-hybridized carbons (Fsp3) is 0.824. The van der Waals surface area contributed by atoms with Crippen LogP contribution in [0.25, 0.3) is 0 Å². The van der Waals surface area contributed by atoms with Gasteiger partial charge in [0.05, 0.1) is 5.60 Å². The molecule has 0 spiro atoms. The van der Waals surface area contributed by atoms with E-state index < -0.39 is 5.60 Å². The first-order valence-electron chi connectivity index (χ1n) is 7.71. The molecule has 0 unspecified atom stereocenters. The summed E-state index contributed by atoms with van der Waals surface area (Å²) in [6, 6.07) is 0. The van der Waals surface area contributed by atoms with Gasteiger partial charge in [0.15, 0.2) is 0 Å². The van der Waals surface area contributed by atoms with Crippen molar-refractivity contribution in [3.63, 3.8) is 0 Å². The van der Waals surface area contributed by atoms with Crippen LogP contribution in [0.4, 0.5) is 0 Å². The van der Waals surface area contributed by atoms with Crippen molar-refractivity contribution in [2.45, 2.75) is 72.0 Å². The first kappa shape index (κ1) is 15.6. The Balaban J connectivity index is 2.39. The van der Waals surface area contributed by atoms with Crippen LogP contribution >= 0.6 is 0 Å². The highest BCUT2D eigenvalue weighted by Crippen LogP contribution is 2.54. The Morgan fingerprint density at radius 2 is 2.10 bits per heavy atom. The molecule has 2 rings (SSSR count). The van der Waals surface area contributed by atoms with Crippen molar-refractivity contribution >= 4 is 5.97 Å². The molecule has 1 N–H and O–H groups in total. The van der Waals surface area contributed by atoms with Gasteiger partial charge in [0, 0.05) is 18.8 Å². The second-order valence-electron chi connectivity index (χ2n) is 7.49. The van der Waals surface area contributed by atoms with E-state index in [1.807, 2.05) is 13.8 Å². The molecule has 4 atom stereocenters. The summed E-state index contributed by atoms with van der Waals surface area (Å²) < 4.78 is 5.70. The van der Waals surface area contributed by atoms with E-state index in [1.165, 1.54) is 12.5 Å². The van der Waals surface area contributed by atoms with Crippen molar-refractivity contribution in [2.24, 2.45) is 17.3 Å². The Labute approximate surface area is 122 Å².